The van der Waals surface area contributed by atoms with E-state index in [2.05, 4.69) is 41.5 Å². The normalized spacial score (nSPS) is 10.4. The average Bonchev–Trinajstić information content (AvgIpc) is 2.82. The summed E-state index contributed by atoms with van der Waals surface area (Å²) in [5.74, 6) is 0.117. The molecule has 0 saturated heterocycles. The molecule has 0 N–H and O–H groups in total. The van der Waals surface area contributed by atoms with Gasteiger partial charge in [0.15, 0.2) is 0 Å². The predicted molar refractivity (Wildman–Crippen MR) is 159 cm³/mol. The zero-order valence-corrected chi connectivity index (χ0v) is 28.7. The molecule has 0 aromatic carbocycles. The number of unbranched alkanes of at least 4 members (excludes halogenated alkanes) is 16. The molecular formula is C32H64O4Sn. The van der Waals surface area contributed by atoms with Crippen molar-refractivity contribution < 1.29 is 19.8 Å². The Bertz CT molecular complexity index is 412. The van der Waals surface area contributed by atoms with Gasteiger partial charge in [-0.1, -0.05) is 117 Å². The topological polar surface area (TPSA) is 80.3 Å². The number of carboxylic acids is 2. The van der Waals surface area contributed by atoms with Gasteiger partial charge in [-0.25, -0.2) is 0 Å². The van der Waals surface area contributed by atoms with E-state index >= 15 is 0 Å². The molecule has 0 aromatic rings. The van der Waals surface area contributed by atoms with Crippen LogP contribution in [0.2, 0.25) is 8.87 Å². The predicted octanol–water partition coefficient (Wildman–Crippen LogP) is 8.15. The van der Waals surface area contributed by atoms with E-state index in [9.17, 15) is 19.8 Å². The van der Waals surface area contributed by atoms with E-state index in [0.717, 1.165) is 37.5 Å². The zero-order chi connectivity index (χ0) is 28.6. The SMILES string of the molecule is CC(C)[CH2][Sn+2][CH2]C(C)C.CCCCCCCCCCCC(=O)[O-].CCCCCCCCCCCC(=O)[O-]. The third-order valence-electron chi connectivity index (χ3n) is 6.07. The van der Waals surface area contributed by atoms with Crippen LogP contribution in [0.4, 0.5) is 0 Å². The first kappa shape index (κ1) is 41.2. The van der Waals surface area contributed by atoms with Gasteiger partial charge in [0, 0.05) is 11.9 Å². The molecule has 0 aromatic heterocycles. The third kappa shape index (κ3) is 52.9. The van der Waals surface area contributed by atoms with Gasteiger partial charge in [0.1, 0.15) is 0 Å². The van der Waals surface area contributed by atoms with Crippen LogP contribution in [0.1, 0.15) is 170 Å². The van der Waals surface area contributed by atoms with Crippen LogP contribution in [-0.2, 0) is 9.59 Å². The molecular weight excluding hydrogens is 567 g/mol. The molecule has 0 aliphatic rings. The van der Waals surface area contributed by atoms with E-state index in [-0.39, 0.29) is 34.0 Å². The molecule has 5 heteroatoms. The van der Waals surface area contributed by atoms with Gasteiger partial charge in [0.25, 0.3) is 0 Å². The summed E-state index contributed by atoms with van der Waals surface area (Å²) in [6.07, 6.45) is 22.3. The van der Waals surface area contributed by atoms with Gasteiger partial charge in [-0.15, -0.1) is 0 Å². The molecule has 0 bridgehead atoms. The van der Waals surface area contributed by atoms with Crippen molar-refractivity contribution in [1.29, 1.82) is 0 Å². The molecule has 0 saturated carbocycles. The van der Waals surface area contributed by atoms with Crippen molar-refractivity contribution in [3.63, 3.8) is 0 Å². The van der Waals surface area contributed by atoms with Crippen molar-refractivity contribution in [2.75, 3.05) is 0 Å². The van der Waals surface area contributed by atoms with Crippen LogP contribution >= 0.6 is 0 Å². The fraction of sp³-hybridized carbons (Fsp3) is 0.938. The fourth-order valence-electron chi connectivity index (χ4n) is 3.82. The Morgan fingerprint density at radius 1 is 0.486 bits per heavy atom. The Kier molecular flexibility index (Phi) is 39.8. The molecule has 4 nitrogen and oxygen atoms in total. The van der Waals surface area contributed by atoms with E-state index < -0.39 is 11.9 Å². The summed E-state index contributed by atoms with van der Waals surface area (Å²) in [5, 5.41) is 20.2. The van der Waals surface area contributed by atoms with Gasteiger partial charge in [0.2, 0.25) is 0 Å². The zero-order valence-electron chi connectivity index (χ0n) is 25.8. The molecule has 0 atom stereocenters. The number of hydrogen-bond donors (Lipinski definition) is 0. The Hall–Kier alpha value is -0.261. The van der Waals surface area contributed by atoms with Gasteiger partial charge < -0.3 is 19.8 Å². The van der Waals surface area contributed by atoms with Gasteiger partial charge >= 0.3 is 69.5 Å². The number of carboxylic acid groups (broad SMARTS) is 2. The van der Waals surface area contributed by atoms with E-state index in [4.69, 9.17) is 0 Å². The number of carbonyl (C=O) groups excluding carboxylic acids is 2. The van der Waals surface area contributed by atoms with Crippen LogP contribution in [0, 0.1) is 11.8 Å². The molecule has 0 radical (unpaired) electrons. The van der Waals surface area contributed by atoms with E-state index in [1.54, 1.807) is 8.87 Å². The number of aliphatic carboxylic acids is 2. The molecule has 0 rings (SSSR count). The van der Waals surface area contributed by atoms with Crippen molar-refractivity contribution in [2.45, 2.75) is 179 Å². The van der Waals surface area contributed by atoms with Crippen LogP contribution in [0.25, 0.3) is 0 Å². The second-order valence-corrected chi connectivity index (χ2v) is 15.1. The summed E-state index contributed by atoms with van der Waals surface area (Å²) in [4.78, 5) is 20.2. The molecule has 0 heterocycles. The van der Waals surface area contributed by atoms with Crippen LogP contribution in [0.3, 0.4) is 0 Å². The fourth-order valence-corrected chi connectivity index (χ4v) is 7.59. The molecule has 0 spiro atoms. The van der Waals surface area contributed by atoms with Gasteiger partial charge in [-0.2, -0.15) is 0 Å². The Labute approximate surface area is 242 Å². The number of carbonyl (C=O) groups is 2. The summed E-state index contributed by atoms with van der Waals surface area (Å²) in [7, 11) is 0. The number of hydrogen-bond acceptors (Lipinski definition) is 4. The van der Waals surface area contributed by atoms with Gasteiger partial charge in [-0.3, -0.25) is 0 Å². The Balaban J connectivity index is -0.000000481. The molecule has 0 aliphatic carbocycles. The first-order chi connectivity index (χ1) is 17.7. The second kappa shape index (κ2) is 35.7. The Morgan fingerprint density at radius 3 is 0.946 bits per heavy atom. The molecule has 0 unspecified atom stereocenters. The summed E-state index contributed by atoms with van der Waals surface area (Å²) < 4.78 is 3.14. The standard InChI is InChI=1S/2C12H24O2.2C4H9.Sn/c2*1-2-3-4-5-6-7-8-9-10-11-12(13)14;2*1-4(2)3;/h2*2-11H2,1H3,(H,13,14);2*4H,1H2,2-3H3;/q;;;;+2/p-2. The summed E-state index contributed by atoms with van der Waals surface area (Å²) in [6.45, 7) is 13.8. The average molecular weight is 632 g/mol. The molecule has 37 heavy (non-hydrogen) atoms. The van der Waals surface area contributed by atoms with Crippen molar-refractivity contribution >= 4 is 33.1 Å². The molecule has 220 valence electrons. The first-order valence-electron chi connectivity index (χ1n) is 15.8. The van der Waals surface area contributed by atoms with Crippen LogP contribution in [-0.4, -0.2) is 33.1 Å². The Morgan fingerprint density at radius 2 is 0.730 bits per heavy atom. The third-order valence-corrected chi connectivity index (χ3v) is 12.4. The van der Waals surface area contributed by atoms with Crippen LogP contribution < -0.4 is 10.2 Å². The van der Waals surface area contributed by atoms with Gasteiger partial charge in [0.05, 0.1) is 0 Å². The maximum Gasteiger partial charge on any atom is 0.0414 e. The van der Waals surface area contributed by atoms with Crippen molar-refractivity contribution in [2.24, 2.45) is 11.8 Å². The molecule has 0 amide bonds. The molecule has 0 fully saturated rings. The smallest absolute Gasteiger partial charge is 0.0414 e. The maximum absolute atomic E-state index is 10.1. The summed E-state index contributed by atoms with van der Waals surface area (Å²) in [6, 6.07) is 0. The quantitative estimate of drug-likeness (QED) is 0.0796. The van der Waals surface area contributed by atoms with Gasteiger partial charge in [-0.05, 0) is 25.7 Å². The van der Waals surface area contributed by atoms with E-state index in [0.29, 0.717) is 0 Å². The minimum Gasteiger partial charge on any atom is -0.550 e. The molecule has 0 aliphatic heterocycles. The second-order valence-electron chi connectivity index (χ2n) is 11.3. The van der Waals surface area contributed by atoms with Crippen LogP contribution in [0.5, 0.6) is 0 Å². The van der Waals surface area contributed by atoms with E-state index in [1.165, 1.54) is 89.9 Å². The first-order valence-corrected chi connectivity index (χ1v) is 19.8. The minimum absolute atomic E-state index is 0.0709. The maximum atomic E-state index is 10.1. The van der Waals surface area contributed by atoms with E-state index in [1.807, 2.05) is 0 Å². The van der Waals surface area contributed by atoms with Crippen molar-refractivity contribution in [3.05, 3.63) is 0 Å². The summed E-state index contributed by atoms with van der Waals surface area (Å²) in [5.41, 5.74) is 0. The number of rotatable bonds is 24. The van der Waals surface area contributed by atoms with Crippen molar-refractivity contribution in [3.8, 4) is 0 Å². The van der Waals surface area contributed by atoms with Crippen LogP contribution in [0.15, 0.2) is 0 Å². The minimum atomic E-state index is -0.909. The monoisotopic (exact) mass is 632 g/mol. The largest absolute Gasteiger partial charge is 0.550 e. The van der Waals surface area contributed by atoms with Crippen molar-refractivity contribution in [1.82, 2.24) is 0 Å². The summed E-state index contributed by atoms with van der Waals surface area (Å²) >= 11 is 0.0709.